The van der Waals surface area contributed by atoms with E-state index in [9.17, 15) is 22.8 Å². The third-order valence-corrected chi connectivity index (χ3v) is 6.32. The smallest absolute Gasteiger partial charge is 0.425 e. The fraction of sp³-hybridized carbons (Fsp3) is 0.231. The lowest BCUT2D eigenvalue weighted by atomic mass is 10.1. The average Bonchev–Trinajstić information content (AvgIpc) is 3.24. The van der Waals surface area contributed by atoms with Crippen LogP contribution in [0.4, 0.5) is 13.2 Å². The molecule has 0 amide bonds. The van der Waals surface area contributed by atoms with Gasteiger partial charge in [0.15, 0.2) is 11.2 Å². The predicted octanol–water partition coefficient (Wildman–Crippen LogP) is 4.89. The van der Waals surface area contributed by atoms with Crippen molar-refractivity contribution in [1.82, 2.24) is 18.7 Å². The molecule has 9 nitrogen and oxygen atoms in total. The van der Waals surface area contributed by atoms with E-state index in [0.29, 0.717) is 11.4 Å². The summed E-state index contributed by atoms with van der Waals surface area (Å²) in [4.78, 5) is 35.1. The second kappa shape index (κ2) is 10.4. The molecule has 0 aliphatic carbocycles. The summed E-state index contributed by atoms with van der Waals surface area (Å²) < 4.78 is 52.0. The molecule has 0 fully saturated rings. The van der Waals surface area contributed by atoms with Gasteiger partial charge in [-0.2, -0.15) is 4.98 Å². The van der Waals surface area contributed by atoms with Gasteiger partial charge in [-0.1, -0.05) is 35.9 Å². The Hall–Kier alpha value is -4.32. The fourth-order valence-corrected chi connectivity index (χ4v) is 4.34. The van der Waals surface area contributed by atoms with Crippen LogP contribution < -0.4 is 20.7 Å². The Morgan fingerprint density at radius 1 is 1.08 bits per heavy atom. The zero-order valence-electron chi connectivity index (χ0n) is 20.4. The summed E-state index contributed by atoms with van der Waals surface area (Å²) in [6.45, 7) is 0.323. The van der Waals surface area contributed by atoms with Crippen molar-refractivity contribution < 1.29 is 22.6 Å². The molecular weight excluding hydrogens is 539 g/mol. The highest BCUT2D eigenvalue weighted by atomic mass is 35.5. The van der Waals surface area contributed by atoms with E-state index in [0.717, 1.165) is 22.3 Å². The maximum Gasteiger partial charge on any atom is 0.573 e. The van der Waals surface area contributed by atoms with Crippen LogP contribution in [0.5, 0.6) is 17.5 Å². The van der Waals surface area contributed by atoms with Gasteiger partial charge in [0.25, 0.3) is 5.56 Å². The number of nitrogens with zero attached hydrogens (tertiary/aromatic N) is 5. The molecule has 1 aliphatic heterocycles. The topological polar surface area (TPSA) is 92.6 Å². The van der Waals surface area contributed by atoms with E-state index < -0.39 is 23.4 Å². The lowest BCUT2D eigenvalue weighted by Gasteiger charge is -2.15. The Bertz CT molecular complexity index is 1700. The second-order valence-corrected chi connectivity index (χ2v) is 9.27. The zero-order chi connectivity index (χ0) is 27.7. The number of imidazole rings is 1. The standard InChI is InChI=1S/C26H21ClF3N5O4/c1-33-23(36)21-22(35(25(33)37)15-17-9-11-31-12-10-17)32-24(34(21)14-16-5-7-18(27)8-6-16)38-19-3-2-4-20(13-19)39-26(28,29)30/h2-9,11-13,17H,10,14-15H2,1H3. The van der Waals surface area contributed by atoms with Gasteiger partial charge in [0.05, 0.1) is 6.54 Å². The first kappa shape index (κ1) is 26.3. The number of aromatic nitrogens is 4. The number of fused-ring (bicyclic) bond motifs is 1. The minimum Gasteiger partial charge on any atom is -0.425 e. The summed E-state index contributed by atoms with van der Waals surface area (Å²) in [6, 6.07) is 11.7. The van der Waals surface area contributed by atoms with Crippen molar-refractivity contribution in [2.24, 2.45) is 18.0 Å². The van der Waals surface area contributed by atoms with E-state index in [2.05, 4.69) is 14.7 Å². The number of alkyl halides is 3. The van der Waals surface area contributed by atoms with Crippen molar-refractivity contribution in [3.8, 4) is 17.5 Å². The normalized spacial score (nSPS) is 15.2. The van der Waals surface area contributed by atoms with Gasteiger partial charge in [0.1, 0.15) is 11.5 Å². The van der Waals surface area contributed by atoms with Crippen LogP contribution in [0.1, 0.15) is 12.0 Å². The number of rotatable bonds is 7. The van der Waals surface area contributed by atoms with E-state index in [-0.39, 0.29) is 41.9 Å². The summed E-state index contributed by atoms with van der Waals surface area (Å²) >= 11 is 6.02. The fourth-order valence-electron chi connectivity index (χ4n) is 4.22. The van der Waals surface area contributed by atoms with Crippen LogP contribution in [-0.2, 0) is 20.1 Å². The Balaban J connectivity index is 1.66. The number of halogens is 4. The van der Waals surface area contributed by atoms with Gasteiger partial charge in [-0.3, -0.25) is 23.5 Å². The Kier molecular flexibility index (Phi) is 7.04. The Labute approximate surface area is 224 Å². The van der Waals surface area contributed by atoms with Gasteiger partial charge >= 0.3 is 18.1 Å². The van der Waals surface area contributed by atoms with Gasteiger partial charge in [0, 0.05) is 43.0 Å². The van der Waals surface area contributed by atoms with Crippen LogP contribution in [0.25, 0.3) is 11.2 Å². The molecule has 13 heteroatoms. The molecule has 39 heavy (non-hydrogen) atoms. The molecule has 0 saturated heterocycles. The molecule has 2 aromatic heterocycles. The van der Waals surface area contributed by atoms with E-state index in [1.807, 2.05) is 6.08 Å². The highest BCUT2D eigenvalue weighted by Crippen LogP contribution is 2.30. The van der Waals surface area contributed by atoms with Crippen molar-refractivity contribution in [2.75, 3.05) is 0 Å². The first-order valence-corrected chi connectivity index (χ1v) is 12.1. The molecule has 3 heterocycles. The molecular formula is C26H21ClF3N5O4. The summed E-state index contributed by atoms with van der Waals surface area (Å²) in [5, 5.41) is 0.515. The number of allylic oxidation sites excluding steroid dienone is 1. The number of hydrogen-bond donors (Lipinski definition) is 0. The molecule has 0 N–H and O–H groups in total. The van der Waals surface area contributed by atoms with E-state index >= 15 is 0 Å². The highest BCUT2D eigenvalue weighted by Gasteiger charge is 2.31. The quantitative estimate of drug-likeness (QED) is 0.321. The van der Waals surface area contributed by atoms with Crippen LogP contribution in [0.3, 0.4) is 0 Å². The lowest BCUT2D eigenvalue weighted by Crippen LogP contribution is -2.39. The largest absolute Gasteiger partial charge is 0.573 e. The third kappa shape index (κ3) is 5.75. The molecule has 2 aromatic carbocycles. The van der Waals surface area contributed by atoms with Crippen molar-refractivity contribution >= 4 is 29.0 Å². The number of benzene rings is 2. The monoisotopic (exact) mass is 559 g/mol. The van der Waals surface area contributed by atoms with Crippen LogP contribution in [0, 0.1) is 5.92 Å². The van der Waals surface area contributed by atoms with Crippen LogP contribution in [0.15, 0.2) is 75.4 Å². The van der Waals surface area contributed by atoms with Crippen LogP contribution in [0.2, 0.25) is 5.02 Å². The second-order valence-electron chi connectivity index (χ2n) is 8.83. The van der Waals surface area contributed by atoms with Crippen molar-refractivity contribution in [3.05, 3.63) is 92.2 Å². The number of aliphatic imine (C=N–C) groups is 1. The molecule has 0 radical (unpaired) electrons. The molecule has 1 atom stereocenters. The summed E-state index contributed by atoms with van der Waals surface area (Å²) in [5.74, 6) is -0.566. The van der Waals surface area contributed by atoms with Gasteiger partial charge < -0.3 is 9.47 Å². The van der Waals surface area contributed by atoms with Gasteiger partial charge in [-0.25, -0.2) is 4.79 Å². The molecule has 0 spiro atoms. The minimum absolute atomic E-state index is 0.0124. The number of ether oxygens (including phenoxy) is 2. The molecule has 0 saturated carbocycles. The molecule has 202 valence electrons. The summed E-state index contributed by atoms with van der Waals surface area (Å²) in [5.41, 5.74) is -0.239. The van der Waals surface area contributed by atoms with Crippen molar-refractivity contribution in [3.63, 3.8) is 0 Å². The van der Waals surface area contributed by atoms with Gasteiger partial charge in [-0.15, -0.1) is 13.2 Å². The van der Waals surface area contributed by atoms with Crippen LogP contribution >= 0.6 is 11.6 Å². The maximum atomic E-state index is 13.4. The minimum atomic E-state index is -4.89. The zero-order valence-corrected chi connectivity index (χ0v) is 21.2. The number of hydrogen-bond acceptors (Lipinski definition) is 6. The van der Waals surface area contributed by atoms with Gasteiger partial charge in [-0.05, 0) is 36.2 Å². The highest BCUT2D eigenvalue weighted by molar-refractivity contribution is 6.30. The molecule has 4 aromatic rings. The molecule has 1 aliphatic rings. The third-order valence-electron chi connectivity index (χ3n) is 6.07. The lowest BCUT2D eigenvalue weighted by molar-refractivity contribution is -0.274. The van der Waals surface area contributed by atoms with E-state index in [1.165, 1.54) is 28.3 Å². The van der Waals surface area contributed by atoms with Crippen molar-refractivity contribution in [2.45, 2.75) is 25.9 Å². The SMILES string of the molecule is Cn1c(=O)c2c(nc(Oc3cccc(OC(F)(F)F)c3)n2Cc2ccc(Cl)cc2)n(CC2C=CN=CC2)c1=O. The first-order valence-electron chi connectivity index (χ1n) is 11.8. The molecule has 0 bridgehead atoms. The van der Waals surface area contributed by atoms with Crippen LogP contribution in [-0.4, -0.2) is 31.3 Å². The summed E-state index contributed by atoms with van der Waals surface area (Å²) in [7, 11) is 1.37. The van der Waals surface area contributed by atoms with Gasteiger partial charge in [0.2, 0.25) is 0 Å². The molecule has 5 rings (SSSR count). The van der Waals surface area contributed by atoms with E-state index in [1.54, 1.807) is 36.7 Å². The Morgan fingerprint density at radius 3 is 2.51 bits per heavy atom. The summed E-state index contributed by atoms with van der Waals surface area (Å²) in [6.07, 6.45) is 0.938. The maximum absolute atomic E-state index is 13.4. The first-order chi connectivity index (χ1) is 18.6. The van der Waals surface area contributed by atoms with E-state index in [4.69, 9.17) is 16.3 Å². The van der Waals surface area contributed by atoms with Crippen molar-refractivity contribution in [1.29, 1.82) is 0 Å². The average molecular weight is 560 g/mol. The Morgan fingerprint density at radius 2 is 1.82 bits per heavy atom. The molecule has 1 unspecified atom stereocenters. The predicted molar refractivity (Wildman–Crippen MR) is 139 cm³/mol.